The highest BCUT2D eigenvalue weighted by Crippen LogP contribution is 2.39. The lowest BCUT2D eigenvalue weighted by atomic mass is 10.00. The molecule has 0 bridgehead atoms. The number of aliphatic hydroxyl groups excluding tert-OH is 1. The number of amides is 1. The Balaban J connectivity index is 0.000000906. The van der Waals surface area contributed by atoms with Crippen LogP contribution < -0.4 is 10.6 Å². The molecule has 3 unspecified atom stereocenters. The first kappa shape index (κ1) is 26.9. The van der Waals surface area contributed by atoms with Gasteiger partial charge in [0.2, 0.25) is 12.4 Å². The maximum absolute atomic E-state index is 11.6. The molecule has 1 aromatic heterocycles. The molecule has 1 aliphatic carbocycles. The summed E-state index contributed by atoms with van der Waals surface area (Å²) in [5.41, 5.74) is 5.66. The van der Waals surface area contributed by atoms with Gasteiger partial charge in [0.1, 0.15) is 5.15 Å². The SMILES string of the molecule is CC.CC(C)(O)O.CSc1c(Cl)nc(N)nc1N(C=O)C1CC(C)C(CO)C1. The third-order valence-corrected chi connectivity index (χ3v) is 5.21. The molecule has 0 saturated heterocycles. The molecule has 0 radical (unpaired) electrons. The number of hydrogen-bond donors (Lipinski definition) is 4. The summed E-state index contributed by atoms with van der Waals surface area (Å²) < 4.78 is 0. The van der Waals surface area contributed by atoms with Crippen LogP contribution in [0.3, 0.4) is 0 Å². The van der Waals surface area contributed by atoms with Gasteiger partial charge < -0.3 is 21.1 Å². The number of anilines is 2. The Hall–Kier alpha value is -1.13. The van der Waals surface area contributed by atoms with Gasteiger partial charge >= 0.3 is 0 Å². The van der Waals surface area contributed by atoms with Crippen LogP contribution in [0.15, 0.2) is 4.90 Å². The number of carbonyl (C=O) groups is 1. The first-order chi connectivity index (χ1) is 13.0. The molecule has 162 valence electrons. The molecule has 0 aromatic carbocycles. The van der Waals surface area contributed by atoms with E-state index in [1.807, 2.05) is 20.1 Å². The summed E-state index contributed by atoms with van der Waals surface area (Å²) in [6.45, 7) is 8.81. The molecule has 1 aliphatic rings. The number of aliphatic hydroxyl groups is 3. The van der Waals surface area contributed by atoms with Crippen molar-refractivity contribution in [2.24, 2.45) is 11.8 Å². The van der Waals surface area contributed by atoms with Crippen LogP contribution in [0.4, 0.5) is 11.8 Å². The van der Waals surface area contributed by atoms with Crippen molar-refractivity contribution < 1.29 is 20.1 Å². The van der Waals surface area contributed by atoms with E-state index in [4.69, 9.17) is 27.5 Å². The maximum Gasteiger partial charge on any atom is 0.223 e. The van der Waals surface area contributed by atoms with Gasteiger partial charge in [-0.05, 0) is 44.8 Å². The van der Waals surface area contributed by atoms with E-state index in [0.717, 1.165) is 19.3 Å². The maximum atomic E-state index is 11.6. The van der Waals surface area contributed by atoms with Gasteiger partial charge in [-0.15, -0.1) is 11.8 Å². The summed E-state index contributed by atoms with van der Waals surface area (Å²) in [4.78, 5) is 21.9. The van der Waals surface area contributed by atoms with E-state index in [0.29, 0.717) is 16.6 Å². The quantitative estimate of drug-likeness (QED) is 0.239. The number of hydrogen-bond acceptors (Lipinski definition) is 8. The van der Waals surface area contributed by atoms with Crippen LogP contribution in [0, 0.1) is 11.8 Å². The van der Waals surface area contributed by atoms with Crippen LogP contribution in [0.5, 0.6) is 0 Å². The van der Waals surface area contributed by atoms with E-state index in [2.05, 4.69) is 16.9 Å². The fourth-order valence-corrected chi connectivity index (χ4v) is 3.82. The van der Waals surface area contributed by atoms with Crippen LogP contribution in [-0.4, -0.2) is 56.4 Å². The van der Waals surface area contributed by atoms with E-state index >= 15 is 0 Å². The number of nitrogens with zero attached hydrogens (tertiary/aromatic N) is 3. The van der Waals surface area contributed by atoms with Gasteiger partial charge in [-0.3, -0.25) is 9.69 Å². The van der Waals surface area contributed by atoms with E-state index in [-0.39, 0.29) is 29.7 Å². The van der Waals surface area contributed by atoms with Gasteiger partial charge in [0, 0.05) is 12.6 Å². The molecule has 8 nitrogen and oxygen atoms in total. The molecule has 1 amide bonds. The molecule has 28 heavy (non-hydrogen) atoms. The minimum Gasteiger partial charge on any atom is -0.396 e. The van der Waals surface area contributed by atoms with Crippen molar-refractivity contribution in [3.05, 3.63) is 5.15 Å². The first-order valence-electron chi connectivity index (χ1n) is 9.18. The molecule has 5 N–H and O–H groups in total. The third-order valence-electron chi connectivity index (χ3n) is 4.04. The molecule has 0 aliphatic heterocycles. The molecule has 2 rings (SSSR count). The van der Waals surface area contributed by atoms with Crippen molar-refractivity contribution >= 4 is 41.5 Å². The number of rotatable bonds is 5. The molecule has 3 atom stereocenters. The molecule has 10 heteroatoms. The van der Waals surface area contributed by atoms with Gasteiger partial charge in [0.25, 0.3) is 0 Å². The molecular weight excluding hydrogens is 404 g/mol. The summed E-state index contributed by atoms with van der Waals surface area (Å²) in [5.74, 6) is -0.449. The summed E-state index contributed by atoms with van der Waals surface area (Å²) in [7, 11) is 0. The zero-order chi connectivity index (χ0) is 22.1. The lowest BCUT2D eigenvalue weighted by Gasteiger charge is -2.26. The second-order valence-electron chi connectivity index (χ2n) is 6.78. The van der Waals surface area contributed by atoms with E-state index in [9.17, 15) is 9.90 Å². The second-order valence-corrected chi connectivity index (χ2v) is 7.96. The highest BCUT2D eigenvalue weighted by atomic mass is 35.5. The molecular formula is C18H33ClN4O4S. The van der Waals surface area contributed by atoms with Gasteiger partial charge in [-0.25, -0.2) is 0 Å². The average Bonchev–Trinajstić information content (AvgIpc) is 2.96. The minimum atomic E-state index is -1.50. The lowest BCUT2D eigenvalue weighted by Crippen LogP contribution is -2.34. The van der Waals surface area contributed by atoms with Gasteiger partial charge in [0.05, 0.1) is 4.90 Å². The average molecular weight is 437 g/mol. The highest BCUT2D eigenvalue weighted by molar-refractivity contribution is 7.98. The van der Waals surface area contributed by atoms with Gasteiger partial charge in [0.15, 0.2) is 11.6 Å². The Bertz CT molecular complexity index is 610. The normalized spacial score (nSPS) is 21.1. The fraction of sp³-hybridized carbons (Fsp3) is 0.722. The number of thioether (sulfide) groups is 1. The van der Waals surface area contributed by atoms with Crippen LogP contribution in [0.25, 0.3) is 0 Å². The molecule has 0 spiro atoms. The summed E-state index contributed by atoms with van der Waals surface area (Å²) in [6, 6.07) is -0.00841. The zero-order valence-electron chi connectivity index (χ0n) is 17.4. The fourth-order valence-electron chi connectivity index (χ4n) is 2.87. The Morgan fingerprint density at radius 2 is 1.86 bits per heavy atom. The van der Waals surface area contributed by atoms with Crippen LogP contribution in [0.2, 0.25) is 5.15 Å². The number of nitrogen functional groups attached to an aromatic ring is 1. The topological polar surface area (TPSA) is 133 Å². The Morgan fingerprint density at radius 3 is 2.25 bits per heavy atom. The standard InChI is InChI=1S/C13H19ClN4O2S.C3H8O2.C2H6/c1-7-3-9(4-8(7)5-19)18(6-20)12-10(21-2)11(14)16-13(15)17-12;1-3(2,4)5;1-2/h6-9,19H,3-5H2,1-2H3,(H2,15,16,17);4-5H,1-2H3;1-2H3. The summed E-state index contributed by atoms with van der Waals surface area (Å²) in [6.07, 6.45) is 4.17. The first-order valence-corrected chi connectivity index (χ1v) is 10.8. The Labute approximate surface area is 176 Å². The smallest absolute Gasteiger partial charge is 0.223 e. The van der Waals surface area contributed by atoms with E-state index in [1.165, 1.54) is 25.6 Å². The van der Waals surface area contributed by atoms with Crippen molar-refractivity contribution in [1.29, 1.82) is 0 Å². The Morgan fingerprint density at radius 1 is 1.32 bits per heavy atom. The highest BCUT2D eigenvalue weighted by Gasteiger charge is 2.36. The van der Waals surface area contributed by atoms with E-state index in [1.54, 1.807) is 4.90 Å². The molecule has 1 heterocycles. The lowest BCUT2D eigenvalue weighted by molar-refractivity contribution is -0.127. The second kappa shape index (κ2) is 12.4. The Kier molecular flexibility index (Phi) is 11.9. The minimum absolute atomic E-state index is 0.00841. The predicted octanol–water partition coefficient (Wildman–Crippen LogP) is 2.54. The summed E-state index contributed by atoms with van der Waals surface area (Å²) in [5, 5.41) is 25.8. The van der Waals surface area contributed by atoms with Crippen LogP contribution >= 0.6 is 23.4 Å². The molecule has 1 aromatic rings. The molecule has 1 fully saturated rings. The zero-order valence-corrected chi connectivity index (χ0v) is 19.0. The largest absolute Gasteiger partial charge is 0.396 e. The van der Waals surface area contributed by atoms with Crippen molar-refractivity contribution in [3.8, 4) is 0 Å². The number of aromatic nitrogens is 2. The molecule has 1 saturated carbocycles. The van der Waals surface area contributed by atoms with Gasteiger partial charge in [-0.1, -0.05) is 32.4 Å². The third kappa shape index (κ3) is 8.48. The van der Waals surface area contributed by atoms with Gasteiger partial charge in [-0.2, -0.15) is 9.97 Å². The van der Waals surface area contributed by atoms with Crippen molar-refractivity contribution in [2.75, 3.05) is 23.5 Å². The number of carbonyl (C=O) groups excluding carboxylic acids is 1. The van der Waals surface area contributed by atoms with Crippen LogP contribution in [-0.2, 0) is 4.79 Å². The van der Waals surface area contributed by atoms with Crippen LogP contribution in [0.1, 0.15) is 47.5 Å². The summed E-state index contributed by atoms with van der Waals surface area (Å²) >= 11 is 7.47. The number of halogens is 1. The predicted molar refractivity (Wildman–Crippen MR) is 114 cm³/mol. The number of nitrogens with two attached hydrogens (primary N) is 1. The van der Waals surface area contributed by atoms with E-state index < -0.39 is 5.79 Å². The van der Waals surface area contributed by atoms with Crippen molar-refractivity contribution in [2.45, 2.75) is 64.2 Å². The monoisotopic (exact) mass is 436 g/mol. The van der Waals surface area contributed by atoms with Crippen molar-refractivity contribution in [1.82, 2.24) is 9.97 Å². The van der Waals surface area contributed by atoms with Crippen molar-refractivity contribution in [3.63, 3.8) is 0 Å².